The Balaban J connectivity index is 2.29. The highest BCUT2D eigenvalue weighted by atomic mass is 19.1. The molecule has 0 fully saturated rings. The van der Waals surface area contributed by atoms with Gasteiger partial charge in [-0.05, 0) is 18.2 Å². The van der Waals surface area contributed by atoms with Gasteiger partial charge in [0.25, 0.3) is 0 Å². The number of rotatable bonds is 4. The van der Waals surface area contributed by atoms with Crippen LogP contribution in [0.1, 0.15) is 5.69 Å². The van der Waals surface area contributed by atoms with Crippen LogP contribution in [0, 0.1) is 5.82 Å². The maximum Gasteiger partial charge on any atom is 0.127 e. The molecule has 0 saturated carbocycles. The van der Waals surface area contributed by atoms with Crippen molar-refractivity contribution >= 4 is 5.82 Å². The lowest BCUT2D eigenvalue weighted by atomic mass is 10.3. The minimum absolute atomic E-state index is 0.309. The van der Waals surface area contributed by atoms with E-state index in [-0.39, 0.29) is 5.82 Å². The number of nitrogens with two attached hydrogens (primary N) is 1. The van der Waals surface area contributed by atoms with Crippen molar-refractivity contribution < 1.29 is 9.13 Å². The Morgan fingerprint density at radius 1 is 1.41 bits per heavy atom. The van der Waals surface area contributed by atoms with Gasteiger partial charge in [0.2, 0.25) is 0 Å². The van der Waals surface area contributed by atoms with Gasteiger partial charge < -0.3 is 10.5 Å². The number of methoxy groups -OCH3 is 1. The highest BCUT2D eigenvalue weighted by Crippen LogP contribution is 2.15. The minimum Gasteiger partial charge on any atom is -0.384 e. The van der Waals surface area contributed by atoms with Gasteiger partial charge in [0.05, 0.1) is 18.0 Å². The summed E-state index contributed by atoms with van der Waals surface area (Å²) in [7, 11) is 1.63. The summed E-state index contributed by atoms with van der Waals surface area (Å²) in [6.07, 6.45) is 0.684. The van der Waals surface area contributed by atoms with Crippen molar-refractivity contribution in [2.75, 3.05) is 19.5 Å². The van der Waals surface area contributed by atoms with Crippen molar-refractivity contribution in [1.29, 1.82) is 0 Å². The maximum atomic E-state index is 13.1. The topological polar surface area (TPSA) is 53.1 Å². The third-order valence-corrected chi connectivity index (χ3v) is 2.40. The number of benzene rings is 1. The molecule has 0 amide bonds. The molecule has 4 nitrogen and oxygen atoms in total. The molecular weight excluding hydrogens is 221 g/mol. The van der Waals surface area contributed by atoms with Gasteiger partial charge in [-0.3, -0.25) is 0 Å². The Bertz CT molecular complexity index is 510. The first kappa shape index (κ1) is 11.6. The molecule has 0 aliphatic rings. The second kappa shape index (κ2) is 4.97. The Labute approximate surface area is 98.8 Å². The summed E-state index contributed by atoms with van der Waals surface area (Å²) in [5.74, 6) is 0.178. The molecule has 2 rings (SSSR count). The molecule has 0 bridgehead atoms. The van der Waals surface area contributed by atoms with Gasteiger partial charge in [-0.25, -0.2) is 9.07 Å². The number of nitrogen functional groups attached to an aromatic ring is 1. The number of anilines is 1. The van der Waals surface area contributed by atoms with Crippen molar-refractivity contribution in [3.05, 3.63) is 41.8 Å². The predicted molar refractivity (Wildman–Crippen MR) is 63.5 cm³/mol. The summed E-state index contributed by atoms with van der Waals surface area (Å²) >= 11 is 0. The molecule has 0 aliphatic heterocycles. The quantitative estimate of drug-likeness (QED) is 0.878. The molecule has 2 N–H and O–H groups in total. The normalized spacial score (nSPS) is 10.7. The average Bonchev–Trinajstić information content (AvgIpc) is 2.68. The van der Waals surface area contributed by atoms with E-state index in [9.17, 15) is 4.39 Å². The first-order chi connectivity index (χ1) is 8.20. The number of aromatic nitrogens is 2. The van der Waals surface area contributed by atoms with E-state index < -0.39 is 0 Å². The largest absolute Gasteiger partial charge is 0.384 e. The molecule has 0 saturated heterocycles. The summed E-state index contributed by atoms with van der Waals surface area (Å²) in [4.78, 5) is 0. The van der Waals surface area contributed by atoms with Crippen LogP contribution in [0.4, 0.5) is 10.2 Å². The Morgan fingerprint density at radius 2 is 2.24 bits per heavy atom. The monoisotopic (exact) mass is 235 g/mol. The molecule has 0 atom stereocenters. The van der Waals surface area contributed by atoms with E-state index in [1.54, 1.807) is 25.3 Å². The van der Waals surface area contributed by atoms with E-state index in [2.05, 4.69) is 5.10 Å². The number of hydrogen-bond donors (Lipinski definition) is 1. The standard InChI is InChI=1S/C12H14FN3O/c1-17-6-5-10-8-12(14)16(15-10)11-4-2-3-9(13)7-11/h2-4,7-8H,5-6,14H2,1H3. The lowest BCUT2D eigenvalue weighted by molar-refractivity contribution is 0.201. The van der Waals surface area contributed by atoms with E-state index in [1.807, 2.05) is 0 Å². The Kier molecular flexibility index (Phi) is 3.39. The van der Waals surface area contributed by atoms with Gasteiger partial charge in [0.1, 0.15) is 11.6 Å². The smallest absolute Gasteiger partial charge is 0.127 e. The SMILES string of the molecule is COCCc1cc(N)n(-c2cccc(F)c2)n1. The van der Waals surface area contributed by atoms with E-state index in [0.29, 0.717) is 24.5 Å². The molecule has 0 unspecified atom stereocenters. The fraction of sp³-hybridized carbons (Fsp3) is 0.250. The molecule has 1 aromatic carbocycles. The van der Waals surface area contributed by atoms with Crippen molar-refractivity contribution in [1.82, 2.24) is 9.78 Å². The Hall–Kier alpha value is -1.88. The zero-order valence-electron chi connectivity index (χ0n) is 9.56. The van der Waals surface area contributed by atoms with Gasteiger partial charge >= 0.3 is 0 Å². The summed E-state index contributed by atoms with van der Waals surface area (Å²) in [5, 5.41) is 4.30. The zero-order chi connectivity index (χ0) is 12.3. The lowest BCUT2D eigenvalue weighted by Gasteiger charge is -2.03. The van der Waals surface area contributed by atoms with Gasteiger partial charge in [-0.2, -0.15) is 5.10 Å². The van der Waals surface area contributed by atoms with E-state index in [4.69, 9.17) is 10.5 Å². The molecule has 1 aromatic heterocycles. The molecule has 0 radical (unpaired) electrons. The number of halogens is 1. The molecule has 0 aliphatic carbocycles. The minimum atomic E-state index is -0.309. The highest BCUT2D eigenvalue weighted by Gasteiger charge is 2.07. The second-order valence-corrected chi connectivity index (χ2v) is 3.70. The molecule has 0 spiro atoms. The van der Waals surface area contributed by atoms with Gasteiger partial charge in [-0.1, -0.05) is 6.07 Å². The predicted octanol–water partition coefficient (Wildman–Crippen LogP) is 1.78. The van der Waals surface area contributed by atoms with E-state index in [1.165, 1.54) is 16.8 Å². The third kappa shape index (κ3) is 2.62. The van der Waals surface area contributed by atoms with Crippen LogP contribution in [0.25, 0.3) is 5.69 Å². The van der Waals surface area contributed by atoms with Crippen LogP contribution in [0.15, 0.2) is 30.3 Å². The lowest BCUT2D eigenvalue weighted by Crippen LogP contribution is -2.02. The Morgan fingerprint density at radius 3 is 2.94 bits per heavy atom. The van der Waals surface area contributed by atoms with E-state index >= 15 is 0 Å². The van der Waals surface area contributed by atoms with E-state index in [0.717, 1.165) is 5.69 Å². The first-order valence-corrected chi connectivity index (χ1v) is 5.30. The molecule has 17 heavy (non-hydrogen) atoms. The van der Waals surface area contributed by atoms with Crippen LogP contribution < -0.4 is 5.73 Å². The summed E-state index contributed by atoms with van der Waals surface area (Å²) < 4.78 is 19.6. The van der Waals surface area contributed by atoms with Crippen LogP contribution >= 0.6 is 0 Å². The van der Waals surface area contributed by atoms with Crippen molar-refractivity contribution in [2.24, 2.45) is 0 Å². The number of nitrogens with zero attached hydrogens (tertiary/aromatic N) is 2. The summed E-state index contributed by atoms with van der Waals surface area (Å²) in [5.41, 5.74) is 7.28. The second-order valence-electron chi connectivity index (χ2n) is 3.70. The van der Waals surface area contributed by atoms with Crippen molar-refractivity contribution in [3.63, 3.8) is 0 Å². The van der Waals surface area contributed by atoms with Gasteiger partial charge in [-0.15, -0.1) is 0 Å². The van der Waals surface area contributed by atoms with Crippen LogP contribution in [0.5, 0.6) is 0 Å². The zero-order valence-corrected chi connectivity index (χ0v) is 9.56. The summed E-state index contributed by atoms with van der Waals surface area (Å²) in [6, 6.07) is 7.93. The van der Waals surface area contributed by atoms with Gasteiger partial charge in [0, 0.05) is 19.6 Å². The van der Waals surface area contributed by atoms with Crippen LogP contribution in [0.3, 0.4) is 0 Å². The van der Waals surface area contributed by atoms with Crippen molar-refractivity contribution in [3.8, 4) is 5.69 Å². The van der Waals surface area contributed by atoms with Crippen LogP contribution in [-0.2, 0) is 11.2 Å². The third-order valence-electron chi connectivity index (χ3n) is 2.40. The highest BCUT2D eigenvalue weighted by molar-refractivity contribution is 5.42. The van der Waals surface area contributed by atoms with Crippen LogP contribution in [0.2, 0.25) is 0 Å². The number of hydrogen-bond acceptors (Lipinski definition) is 3. The van der Waals surface area contributed by atoms with Gasteiger partial charge in [0.15, 0.2) is 0 Å². The fourth-order valence-electron chi connectivity index (χ4n) is 1.59. The molecular formula is C12H14FN3O. The van der Waals surface area contributed by atoms with Crippen LogP contribution in [-0.4, -0.2) is 23.5 Å². The molecule has 2 aromatic rings. The molecule has 1 heterocycles. The average molecular weight is 235 g/mol. The summed E-state index contributed by atoms with van der Waals surface area (Å²) in [6.45, 7) is 0.583. The molecule has 5 heteroatoms. The first-order valence-electron chi connectivity index (χ1n) is 5.30. The fourth-order valence-corrected chi connectivity index (χ4v) is 1.59. The molecule has 90 valence electrons. The number of ether oxygens (including phenoxy) is 1. The van der Waals surface area contributed by atoms with Crippen molar-refractivity contribution in [2.45, 2.75) is 6.42 Å². The maximum absolute atomic E-state index is 13.1.